The van der Waals surface area contributed by atoms with Crippen molar-refractivity contribution >= 4 is 6.02 Å². The van der Waals surface area contributed by atoms with E-state index in [1.165, 1.54) is 6.33 Å². The molecule has 0 saturated heterocycles. The molecule has 3 aromatic rings. The fourth-order valence-corrected chi connectivity index (χ4v) is 3.86. The van der Waals surface area contributed by atoms with Gasteiger partial charge in [-0.2, -0.15) is 0 Å². The molecule has 1 spiro atoms. The van der Waals surface area contributed by atoms with Crippen LogP contribution in [0.2, 0.25) is 0 Å². The van der Waals surface area contributed by atoms with Gasteiger partial charge in [0.1, 0.15) is 24.4 Å². The van der Waals surface area contributed by atoms with Crippen molar-refractivity contribution in [3.8, 4) is 22.6 Å². The molecule has 2 aromatic carbocycles. The minimum atomic E-state index is -1.01. The molecular weight excluding hydrogens is 368 g/mol. The predicted molar refractivity (Wildman–Crippen MR) is 108 cm³/mol. The minimum absolute atomic E-state index is 0.130. The molecule has 29 heavy (non-hydrogen) atoms. The zero-order valence-electron chi connectivity index (χ0n) is 16.1. The highest BCUT2D eigenvalue weighted by Crippen LogP contribution is 2.52. The Morgan fingerprint density at radius 2 is 1.69 bits per heavy atom. The summed E-state index contributed by atoms with van der Waals surface area (Å²) in [5, 5.41) is 10.5. The van der Waals surface area contributed by atoms with Crippen molar-refractivity contribution in [2.24, 2.45) is 10.7 Å². The summed E-state index contributed by atoms with van der Waals surface area (Å²) in [7, 11) is 0. The second-order valence-electron chi connectivity index (χ2n) is 7.81. The van der Waals surface area contributed by atoms with Crippen LogP contribution in [0.15, 0.2) is 60.1 Å². The first kappa shape index (κ1) is 17.6. The number of fused-ring (bicyclic) bond motifs is 4. The lowest BCUT2D eigenvalue weighted by atomic mass is 9.79. The molecule has 0 amide bonds. The molecule has 0 fully saturated rings. The summed E-state index contributed by atoms with van der Waals surface area (Å²) in [5.41, 5.74) is 8.34. The molecule has 2 aliphatic heterocycles. The number of aromatic nitrogens is 2. The normalized spacial score (nSPS) is 19.8. The molecule has 0 unspecified atom stereocenters. The van der Waals surface area contributed by atoms with Crippen molar-refractivity contribution < 1.29 is 14.6 Å². The van der Waals surface area contributed by atoms with Crippen LogP contribution in [0.3, 0.4) is 0 Å². The number of hydrogen-bond donors (Lipinski definition) is 2. The standard InChI is InChI=1S/C22H20N4O3/c1-21(2,27)15-4-6-19-17(8-15)22(11-28-20(23)26-22)16-7-13(3-5-18(16)29-19)14-9-24-12-25-10-14/h3-10,12,27H,11H2,1-2H3,(H2,23,26)/t22-/m0/s1. The third kappa shape index (κ3) is 2.74. The van der Waals surface area contributed by atoms with Crippen LogP contribution in [0.5, 0.6) is 11.5 Å². The summed E-state index contributed by atoms with van der Waals surface area (Å²) < 4.78 is 11.8. The van der Waals surface area contributed by atoms with Gasteiger partial charge in [-0.05, 0) is 49.2 Å². The SMILES string of the molecule is CC(C)(O)c1ccc2c(c1)[C@]1(COC(N)=N1)c1cc(-c3cncnc3)ccc1O2. The van der Waals surface area contributed by atoms with Gasteiger partial charge in [0.15, 0.2) is 5.54 Å². The molecule has 7 nitrogen and oxygen atoms in total. The van der Waals surface area contributed by atoms with Gasteiger partial charge in [-0.25, -0.2) is 15.0 Å². The molecular formula is C22H20N4O3. The maximum Gasteiger partial charge on any atom is 0.283 e. The van der Waals surface area contributed by atoms with Gasteiger partial charge < -0.3 is 20.3 Å². The van der Waals surface area contributed by atoms with E-state index in [9.17, 15) is 5.11 Å². The van der Waals surface area contributed by atoms with Crippen LogP contribution in [0.1, 0.15) is 30.5 Å². The van der Waals surface area contributed by atoms with Crippen LogP contribution in [-0.2, 0) is 15.9 Å². The lowest BCUT2D eigenvalue weighted by Gasteiger charge is -2.34. The maximum atomic E-state index is 10.5. The molecule has 1 aromatic heterocycles. The van der Waals surface area contributed by atoms with E-state index >= 15 is 0 Å². The minimum Gasteiger partial charge on any atom is -0.462 e. The largest absolute Gasteiger partial charge is 0.462 e. The monoisotopic (exact) mass is 388 g/mol. The lowest BCUT2D eigenvalue weighted by Crippen LogP contribution is -2.32. The van der Waals surface area contributed by atoms with Gasteiger partial charge in [0.2, 0.25) is 0 Å². The van der Waals surface area contributed by atoms with Crippen molar-refractivity contribution in [1.29, 1.82) is 0 Å². The first-order valence-corrected chi connectivity index (χ1v) is 9.30. The zero-order chi connectivity index (χ0) is 20.2. The van der Waals surface area contributed by atoms with E-state index in [4.69, 9.17) is 20.2 Å². The van der Waals surface area contributed by atoms with Crippen LogP contribution in [0.4, 0.5) is 0 Å². The Morgan fingerprint density at radius 1 is 1.00 bits per heavy atom. The average Bonchev–Trinajstić information content (AvgIpc) is 3.10. The molecule has 5 rings (SSSR count). The lowest BCUT2D eigenvalue weighted by molar-refractivity contribution is 0.0783. The molecule has 3 N–H and O–H groups in total. The second kappa shape index (κ2) is 6.02. The maximum absolute atomic E-state index is 10.5. The number of benzene rings is 2. The Hall–Kier alpha value is -3.45. The van der Waals surface area contributed by atoms with Gasteiger partial charge in [0, 0.05) is 29.1 Å². The summed E-state index contributed by atoms with van der Waals surface area (Å²) in [4.78, 5) is 12.9. The van der Waals surface area contributed by atoms with Gasteiger partial charge >= 0.3 is 0 Å². The highest BCUT2D eigenvalue weighted by molar-refractivity contribution is 5.78. The number of aliphatic imine (C=N–C) groups is 1. The van der Waals surface area contributed by atoms with E-state index in [2.05, 4.69) is 9.97 Å². The summed E-state index contributed by atoms with van der Waals surface area (Å²) in [5.74, 6) is 1.36. The zero-order valence-corrected chi connectivity index (χ0v) is 16.1. The highest BCUT2D eigenvalue weighted by Gasteiger charge is 2.47. The van der Waals surface area contributed by atoms with Gasteiger partial charge in [0.25, 0.3) is 6.02 Å². The van der Waals surface area contributed by atoms with E-state index in [-0.39, 0.29) is 12.6 Å². The molecule has 0 saturated carbocycles. The molecule has 3 heterocycles. The van der Waals surface area contributed by atoms with E-state index in [1.54, 1.807) is 26.2 Å². The summed E-state index contributed by atoms with van der Waals surface area (Å²) in [6.45, 7) is 3.75. The Balaban J connectivity index is 1.74. The molecule has 7 heteroatoms. The van der Waals surface area contributed by atoms with E-state index in [0.29, 0.717) is 11.5 Å². The predicted octanol–water partition coefficient (Wildman–Crippen LogP) is 3.07. The molecule has 0 bridgehead atoms. The first-order chi connectivity index (χ1) is 13.9. The van der Waals surface area contributed by atoms with Crippen molar-refractivity contribution in [3.05, 3.63) is 71.8 Å². The second-order valence-corrected chi connectivity index (χ2v) is 7.81. The molecule has 0 aliphatic carbocycles. The fourth-order valence-electron chi connectivity index (χ4n) is 3.86. The molecule has 146 valence electrons. The fraction of sp³-hybridized carbons (Fsp3) is 0.227. The third-order valence-corrected chi connectivity index (χ3v) is 5.40. The van der Waals surface area contributed by atoms with Crippen molar-refractivity contribution in [2.45, 2.75) is 25.0 Å². The van der Waals surface area contributed by atoms with Crippen molar-refractivity contribution in [3.63, 3.8) is 0 Å². The molecule has 1 atom stereocenters. The van der Waals surface area contributed by atoms with Crippen LogP contribution >= 0.6 is 0 Å². The quantitative estimate of drug-likeness (QED) is 0.699. The number of amidine groups is 1. The van der Waals surface area contributed by atoms with Gasteiger partial charge in [-0.15, -0.1) is 0 Å². The van der Waals surface area contributed by atoms with Crippen LogP contribution in [0.25, 0.3) is 11.1 Å². The Kier molecular flexibility index (Phi) is 3.66. The van der Waals surface area contributed by atoms with Gasteiger partial charge in [0.05, 0.1) is 5.60 Å². The Bertz CT molecular complexity index is 1140. The van der Waals surface area contributed by atoms with Crippen molar-refractivity contribution in [1.82, 2.24) is 9.97 Å². The van der Waals surface area contributed by atoms with Crippen LogP contribution < -0.4 is 10.5 Å². The summed E-state index contributed by atoms with van der Waals surface area (Å²) in [6.07, 6.45) is 5.01. The van der Waals surface area contributed by atoms with Crippen molar-refractivity contribution in [2.75, 3.05) is 6.61 Å². The van der Waals surface area contributed by atoms with E-state index in [1.807, 2.05) is 36.4 Å². The highest BCUT2D eigenvalue weighted by atomic mass is 16.5. The summed E-state index contributed by atoms with van der Waals surface area (Å²) in [6, 6.07) is 11.7. The number of rotatable bonds is 2. The Labute approximate surface area is 167 Å². The summed E-state index contributed by atoms with van der Waals surface area (Å²) >= 11 is 0. The van der Waals surface area contributed by atoms with E-state index < -0.39 is 11.1 Å². The smallest absolute Gasteiger partial charge is 0.283 e. The molecule has 2 aliphatic rings. The topological polar surface area (TPSA) is 103 Å². The number of ether oxygens (including phenoxy) is 2. The molecule has 0 radical (unpaired) electrons. The van der Waals surface area contributed by atoms with Crippen LogP contribution in [-0.4, -0.2) is 27.7 Å². The Morgan fingerprint density at radius 3 is 2.34 bits per heavy atom. The first-order valence-electron chi connectivity index (χ1n) is 9.30. The van der Waals surface area contributed by atoms with Gasteiger partial charge in [-0.1, -0.05) is 12.1 Å². The number of aliphatic hydroxyl groups is 1. The number of nitrogens with zero attached hydrogens (tertiary/aromatic N) is 3. The van der Waals surface area contributed by atoms with E-state index in [0.717, 1.165) is 27.8 Å². The third-order valence-electron chi connectivity index (χ3n) is 5.40. The average molecular weight is 388 g/mol. The number of nitrogens with two attached hydrogens (primary N) is 1. The van der Waals surface area contributed by atoms with Crippen LogP contribution in [0, 0.1) is 0 Å². The number of hydrogen-bond acceptors (Lipinski definition) is 7. The van der Waals surface area contributed by atoms with Gasteiger partial charge in [-0.3, -0.25) is 0 Å².